The van der Waals surface area contributed by atoms with Gasteiger partial charge in [0.15, 0.2) is 0 Å². The number of methoxy groups -OCH3 is 1. The van der Waals surface area contributed by atoms with Crippen LogP contribution in [0, 0.1) is 0 Å². The summed E-state index contributed by atoms with van der Waals surface area (Å²) in [5.74, 6) is 0.651. The van der Waals surface area contributed by atoms with Crippen LogP contribution < -0.4 is 20.9 Å². The molecule has 0 spiro atoms. The maximum absolute atomic E-state index is 12.1. The van der Waals surface area contributed by atoms with Crippen molar-refractivity contribution in [1.82, 2.24) is 9.78 Å². The lowest BCUT2D eigenvalue weighted by Gasteiger charge is -2.16. The number of nitrogens with two attached hydrogens (primary N) is 1. The summed E-state index contributed by atoms with van der Waals surface area (Å²) in [4.78, 5) is 14.1. The van der Waals surface area contributed by atoms with Crippen molar-refractivity contribution in [2.75, 3.05) is 31.3 Å². The molecule has 0 atom stereocenters. The van der Waals surface area contributed by atoms with Gasteiger partial charge in [-0.2, -0.15) is 5.10 Å². The van der Waals surface area contributed by atoms with Crippen molar-refractivity contribution < 1.29 is 4.74 Å². The van der Waals surface area contributed by atoms with Gasteiger partial charge in [0.25, 0.3) is 5.56 Å². The molecule has 0 amide bonds. The fourth-order valence-electron chi connectivity index (χ4n) is 1.99. The molecule has 1 heterocycles. The van der Waals surface area contributed by atoms with E-state index in [2.05, 4.69) is 5.10 Å². The van der Waals surface area contributed by atoms with Crippen molar-refractivity contribution in [3.05, 3.63) is 46.4 Å². The van der Waals surface area contributed by atoms with Gasteiger partial charge < -0.3 is 15.4 Å². The van der Waals surface area contributed by atoms with Crippen LogP contribution >= 0.6 is 0 Å². The zero-order chi connectivity index (χ0) is 15.4. The largest absolute Gasteiger partial charge is 0.496 e. The number of hydrogen-bond donors (Lipinski definition) is 1. The SMILES string of the molecule is CCN(C)c1cnn(Cc2ccc(N)cc2OC)c(=O)c1. The summed E-state index contributed by atoms with van der Waals surface area (Å²) in [5.41, 5.74) is 7.87. The Morgan fingerprint density at radius 2 is 2.14 bits per heavy atom. The van der Waals surface area contributed by atoms with Crippen LogP contribution in [0.1, 0.15) is 12.5 Å². The van der Waals surface area contributed by atoms with Crippen LogP contribution in [0.5, 0.6) is 5.75 Å². The van der Waals surface area contributed by atoms with Crippen molar-refractivity contribution >= 4 is 11.4 Å². The van der Waals surface area contributed by atoms with Crippen molar-refractivity contribution in [2.24, 2.45) is 0 Å². The van der Waals surface area contributed by atoms with Crippen LogP contribution in [0.3, 0.4) is 0 Å². The molecule has 112 valence electrons. The molecule has 0 aliphatic heterocycles. The average Bonchev–Trinajstić information content (AvgIpc) is 2.49. The van der Waals surface area contributed by atoms with E-state index in [0.717, 1.165) is 17.8 Å². The molecule has 6 nitrogen and oxygen atoms in total. The smallest absolute Gasteiger partial charge is 0.269 e. The van der Waals surface area contributed by atoms with Gasteiger partial charge in [0.2, 0.25) is 0 Å². The first-order valence-electron chi connectivity index (χ1n) is 6.75. The summed E-state index contributed by atoms with van der Waals surface area (Å²) < 4.78 is 6.69. The molecule has 21 heavy (non-hydrogen) atoms. The van der Waals surface area contributed by atoms with Crippen molar-refractivity contribution in [2.45, 2.75) is 13.5 Å². The first-order chi connectivity index (χ1) is 10.0. The molecule has 2 rings (SSSR count). The Morgan fingerprint density at radius 3 is 2.76 bits per heavy atom. The molecule has 0 fully saturated rings. The lowest BCUT2D eigenvalue weighted by Crippen LogP contribution is -2.26. The van der Waals surface area contributed by atoms with Gasteiger partial charge in [0.05, 0.1) is 25.5 Å². The monoisotopic (exact) mass is 288 g/mol. The predicted octanol–water partition coefficient (Wildman–Crippen LogP) is 1.34. The highest BCUT2D eigenvalue weighted by molar-refractivity contribution is 5.48. The van der Waals surface area contributed by atoms with E-state index in [1.807, 2.05) is 24.9 Å². The third-order valence-electron chi connectivity index (χ3n) is 3.40. The lowest BCUT2D eigenvalue weighted by molar-refractivity contribution is 0.407. The van der Waals surface area contributed by atoms with Crippen LogP contribution in [0.2, 0.25) is 0 Å². The summed E-state index contributed by atoms with van der Waals surface area (Å²) in [6.07, 6.45) is 1.69. The van der Waals surface area contributed by atoms with Crippen LogP contribution in [-0.2, 0) is 6.54 Å². The third-order valence-corrected chi connectivity index (χ3v) is 3.40. The van der Waals surface area contributed by atoms with E-state index in [1.165, 1.54) is 4.68 Å². The maximum Gasteiger partial charge on any atom is 0.269 e. The quantitative estimate of drug-likeness (QED) is 0.840. The summed E-state index contributed by atoms with van der Waals surface area (Å²) in [6.45, 7) is 3.18. The molecule has 2 aromatic rings. The second kappa shape index (κ2) is 6.30. The fraction of sp³-hybridized carbons (Fsp3) is 0.333. The molecular formula is C15H20N4O2. The predicted molar refractivity (Wildman–Crippen MR) is 83.9 cm³/mol. The highest BCUT2D eigenvalue weighted by Gasteiger charge is 2.08. The number of ether oxygens (including phenoxy) is 1. The van der Waals surface area contributed by atoms with Gasteiger partial charge in [0.1, 0.15) is 5.75 Å². The summed E-state index contributed by atoms with van der Waals surface area (Å²) in [6, 6.07) is 6.94. The molecule has 0 radical (unpaired) electrons. The molecule has 0 aliphatic carbocycles. The summed E-state index contributed by atoms with van der Waals surface area (Å²) in [5, 5.41) is 4.22. The topological polar surface area (TPSA) is 73.4 Å². The number of aromatic nitrogens is 2. The molecule has 6 heteroatoms. The Bertz CT molecular complexity index is 682. The van der Waals surface area contributed by atoms with Gasteiger partial charge in [-0.05, 0) is 13.0 Å². The summed E-state index contributed by atoms with van der Waals surface area (Å²) in [7, 11) is 3.50. The number of rotatable bonds is 5. The molecular weight excluding hydrogens is 268 g/mol. The standard InChI is InChI=1S/C15H20N4O2/c1-4-18(2)13-8-15(20)19(17-9-13)10-11-5-6-12(16)7-14(11)21-3/h5-9H,4,10,16H2,1-3H3. The average molecular weight is 288 g/mol. The Labute approximate surface area is 123 Å². The molecule has 0 bridgehead atoms. The zero-order valence-electron chi connectivity index (χ0n) is 12.5. The lowest BCUT2D eigenvalue weighted by atomic mass is 10.2. The second-order valence-corrected chi connectivity index (χ2v) is 4.80. The van der Waals surface area contributed by atoms with Gasteiger partial charge in [-0.1, -0.05) is 6.07 Å². The minimum absolute atomic E-state index is 0.147. The fourth-order valence-corrected chi connectivity index (χ4v) is 1.99. The van der Waals surface area contributed by atoms with E-state index < -0.39 is 0 Å². The number of hydrogen-bond acceptors (Lipinski definition) is 5. The molecule has 2 N–H and O–H groups in total. The second-order valence-electron chi connectivity index (χ2n) is 4.80. The number of anilines is 2. The van der Waals surface area contributed by atoms with Crippen molar-refractivity contribution in [3.63, 3.8) is 0 Å². The maximum atomic E-state index is 12.1. The third kappa shape index (κ3) is 3.34. The molecule has 0 saturated carbocycles. The zero-order valence-corrected chi connectivity index (χ0v) is 12.5. The number of nitrogens with zero attached hydrogens (tertiary/aromatic N) is 3. The Hall–Kier alpha value is -2.50. The minimum atomic E-state index is -0.147. The summed E-state index contributed by atoms with van der Waals surface area (Å²) >= 11 is 0. The molecule has 0 unspecified atom stereocenters. The Balaban J connectivity index is 2.30. The normalized spacial score (nSPS) is 10.4. The van der Waals surface area contributed by atoms with Gasteiger partial charge in [-0.25, -0.2) is 4.68 Å². The van der Waals surface area contributed by atoms with Gasteiger partial charge >= 0.3 is 0 Å². The van der Waals surface area contributed by atoms with Crippen molar-refractivity contribution in [3.8, 4) is 5.75 Å². The van der Waals surface area contributed by atoms with Gasteiger partial charge in [-0.3, -0.25) is 4.79 Å². The van der Waals surface area contributed by atoms with Crippen LogP contribution in [0.4, 0.5) is 11.4 Å². The van der Waals surface area contributed by atoms with Crippen LogP contribution in [0.15, 0.2) is 35.3 Å². The van der Waals surface area contributed by atoms with E-state index in [-0.39, 0.29) is 5.56 Å². The number of benzene rings is 1. The molecule has 0 aliphatic rings. The van der Waals surface area contributed by atoms with E-state index in [0.29, 0.717) is 18.0 Å². The van der Waals surface area contributed by atoms with Gasteiger partial charge in [0, 0.05) is 37.0 Å². The molecule has 0 saturated heterocycles. The highest BCUT2D eigenvalue weighted by atomic mass is 16.5. The van der Waals surface area contributed by atoms with Crippen molar-refractivity contribution in [1.29, 1.82) is 0 Å². The number of nitrogen functional groups attached to an aromatic ring is 1. The van der Waals surface area contributed by atoms with E-state index in [1.54, 1.807) is 31.5 Å². The van der Waals surface area contributed by atoms with E-state index >= 15 is 0 Å². The van der Waals surface area contributed by atoms with Crippen LogP contribution in [-0.4, -0.2) is 30.5 Å². The van der Waals surface area contributed by atoms with Gasteiger partial charge in [-0.15, -0.1) is 0 Å². The first kappa shape index (κ1) is 14.9. The molecule has 1 aromatic carbocycles. The minimum Gasteiger partial charge on any atom is -0.496 e. The van der Waals surface area contributed by atoms with Crippen LogP contribution in [0.25, 0.3) is 0 Å². The van der Waals surface area contributed by atoms with E-state index in [9.17, 15) is 4.79 Å². The molecule has 1 aromatic heterocycles. The first-order valence-corrected chi connectivity index (χ1v) is 6.75. The Kier molecular flexibility index (Phi) is 4.47. The van der Waals surface area contributed by atoms with E-state index in [4.69, 9.17) is 10.5 Å². The highest BCUT2D eigenvalue weighted by Crippen LogP contribution is 2.21. The Morgan fingerprint density at radius 1 is 1.38 bits per heavy atom.